The Morgan fingerprint density at radius 1 is 1.14 bits per heavy atom. The molecule has 0 unspecified atom stereocenters. The van der Waals surface area contributed by atoms with E-state index in [1.807, 2.05) is 24.3 Å². The van der Waals surface area contributed by atoms with Crippen LogP contribution in [0.1, 0.15) is 12.8 Å². The second-order valence-electron chi connectivity index (χ2n) is 6.89. The Labute approximate surface area is 176 Å². The van der Waals surface area contributed by atoms with Crippen LogP contribution in [-0.2, 0) is 4.79 Å². The maximum absolute atomic E-state index is 13.9. The molecule has 1 aliphatic heterocycles. The topological polar surface area (TPSA) is 71.0 Å². The van der Waals surface area contributed by atoms with Crippen LogP contribution >= 0.6 is 15.9 Å². The van der Waals surface area contributed by atoms with E-state index in [0.29, 0.717) is 30.4 Å². The third-order valence-electron chi connectivity index (χ3n) is 4.99. The maximum Gasteiger partial charge on any atom is 0.227 e. The molecular formula is C21H19BrFN5O. The zero-order valence-electron chi connectivity index (χ0n) is 15.6. The summed E-state index contributed by atoms with van der Waals surface area (Å²) in [6, 6.07) is 12.3. The average molecular weight is 456 g/mol. The molecular weight excluding hydrogens is 437 g/mol. The van der Waals surface area contributed by atoms with Gasteiger partial charge in [-0.05, 0) is 55.3 Å². The van der Waals surface area contributed by atoms with Crippen LogP contribution in [0.15, 0.2) is 59.3 Å². The quantitative estimate of drug-likeness (QED) is 0.634. The Bertz CT molecular complexity index is 992. The lowest BCUT2D eigenvalue weighted by atomic mass is 9.95. The molecule has 0 radical (unpaired) electrons. The van der Waals surface area contributed by atoms with Crippen LogP contribution in [-0.4, -0.2) is 34.2 Å². The molecule has 1 saturated heterocycles. The Hall–Kier alpha value is -2.87. The van der Waals surface area contributed by atoms with Gasteiger partial charge in [-0.1, -0.05) is 15.9 Å². The van der Waals surface area contributed by atoms with Gasteiger partial charge in [0.25, 0.3) is 0 Å². The third-order valence-corrected chi connectivity index (χ3v) is 5.48. The van der Waals surface area contributed by atoms with Gasteiger partial charge in [0.2, 0.25) is 5.91 Å². The number of piperidine rings is 1. The van der Waals surface area contributed by atoms with E-state index in [2.05, 4.69) is 41.3 Å². The first-order chi connectivity index (χ1) is 14.1. The number of halogens is 2. The van der Waals surface area contributed by atoms with Crippen LogP contribution in [0, 0.1) is 11.7 Å². The average Bonchev–Trinajstić information content (AvgIpc) is 2.76. The molecule has 0 atom stereocenters. The van der Waals surface area contributed by atoms with Crippen molar-refractivity contribution >= 4 is 33.3 Å². The van der Waals surface area contributed by atoms with E-state index in [0.717, 1.165) is 17.1 Å². The molecule has 1 aliphatic rings. The van der Waals surface area contributed by atoms with E-state index in [1.165, 1.54) is 6.07 Å². The van der Waals surface area contributed by atoms with Crippen LogP contribution < -0.4 is 10.2 Å². The van der Waals surface area contributed by atoms with Gasteiger partial charge in [0, 0.05) is 41.4 Å². The minimum Gasteiger partial charge on any atom is -0.355 e. The highest BCUT2D eigenvalue weighted by atomic mass is 79.9. The van der Waals surface area contributed by atoms with Crippen molar-refractivity contribution in [3.8, 4) is 11.3 Å². The lowest BCUT2D eigenvalue weighted by Gasteiger charge is -2.31. The molecule has 3 heterocycles. The highest BCUT2D eigenvalue weighted by molar-refractivity contribution is 9.10. The molecule has 3 aromatic rings. The molecule has 0 saturated carbocycles. The molecule has 4 rings (SSSR count). The highest BCUT2D eigenvalue weighted by Gasteiger charge is 2.26. The minimum absolute atomic E-state index is 0.149. The Morgan fingerprint density at radius 3 is 2.62 bits per heavy atom. The second kappa shape index (κ2) is 8.65. The molecule has 0 spiro atoms. The molecule has 0 bridgehead atoms. The van der Waals surface area contributed by atoms with Gasteiger partial charge in [0.15, 0.2) is 5.82 Å². The first kappa shape index (κ1) is 19.4. The van der Waals surface area contributed by atoms with Crippen molar-refractivity contribution < 1.29 is 9.18 Å². The van der Waals surface area contributed by atoms with E-state index in [-0.39, 0.29) is 17.5 Å². The zero-order chi connectivity index (χ0) is 20.2. The summed E-state index contributed by atoms with van der Waals surface area (Å²) in [5, 5.41) is 11.3. The van der Waals surface area contributed by atoms with Gasteiger partial charge >= 0.3 is 0 Å². The summed E-state index contributed by atoms with van der Waals surface area (Å²) in [4.78, 5) is 18.7. The SMILES string of the molecule is O=C(Nc1ccc(Br)cc1F)C1CCN(c2ccc(-c3cccnc3)nn2)CC1. The van der Waals surface area contributed by atoms with Crippen LogP contribution in [0.3, 0.4) is 0 Å². The number of carbonyl (C=O) groups excluding carboxylic acids is 1. The van der Waals surface area contributed by atoms with Crippen LogP contribution in [0.25, 0.3) is 11.3 Å². The summed E-state index contributed by atoms with van der Waals surface area (Å²) in [6.07, 6.45) is 4.82. The number of hydrogen-bond donors (Lipinski definition) is 1. The smallest absolute Gasteiger partial charge is 0.227 e. The zero-order valence-corrected chi connectivity index (χ0v) is 17.1. The molecule has 148 valence electrons. The highest BCUT2D eigenvalue weighted by Crippen LogP contribution is 2.25. The molecule has 1 N–H and O–H groups in total. The number of aromatic nitrogens is 3. The summed E-state index contributed by atoms with van der Waals surface area (Å²) in [6.45, 7) is 1.39. The number of nitrogens with one attached hydrogen (secondary N) is 1. The van der Waals surface area contributed by atoms with Crippen molar-refractivity contribution in [3.63, 3.8) is 0 Å². The number of rotatable bonds is 4. The molecule has 2 aromatic heterocycles. The van der Waals surface area contributed by atoms with E-state index in [9.17, 15) is 9.18 Å². The van der Waals surface area contributed by atoms with Crippen molar-refractivity contribution in [1.82, 2.24) is 15.2 Å². The lowest BCUT2D eigenvalue weighted by Crippen LogP contribution is -2.38. The van der Waals surface area contributed by atoms with Crippen LogP contribution in [0.5, 0.6) is 0 Å². The number of amides is 1. The van der Waals surface area contributed by atoms with E-state index >= 15 is 0 Å². The summed E-state index contributed by atoms with van der Waals surface area (Å²) < 4.78 is 14.6. The number of nitrogens with zero attached hydrogens (tertiary/aromatic N) is 4. The van der Waals surface area contributed by atoms with Gasteiger partial charge in [-0.2, -0.15) is 0 Å². The van der Waals surface area contributed by atoms with Crippen LogP contribution in [0.2, 0.25) is 0 Å². The third kappa shape index (κ3) is 4.59. The minimum atomic E-state index is -0.450. The Kier molecular flexibility index (Phi) is 5.80. The molecule has 1 aromatic carbocycles. The first-order valence-electron chi connectivity index (χ1n) is 9.35. The number of hydrogen-bond acceptors (Lipinski definition) is 5. The van der Waals surface area contributed by atoms with Gasteiger partial charge in [-0.3, -0.25) is 9.78 Å². The standard InChI is InChI=1S/C21H19BrFN5O/c22-16-3-4-19(17(23)12-16)25-21(29)14-7-10-28(11-8-14)20-6-5-18(26-27-20)15-2-1-9-24-13-15/h1-6,9,12-14H,7-8,10-11H2,(H,25,29). The largest absolute Gasteiger partial charge is 0.355 e. The Morgan fingerprint density at radius 2 is 1.97 bits per heavy atom. The normalized spacial score (nSPS) is 14.6. The van der Waals surface area contributed by atoms with Gasteiger partial charge in [-0.15, -0.1) is 10.2 Å². The number of pyridine rings is 1. The summed E-state index contributed by atoms with van der Waals surface area (Å²) in [7, 11) is 0. The fraction of sp³-hybridized carbons (Fsp3) is 0.238. The predicted octanol–water partition coefficient (Wildman–Crippen LogP) is 4.30. The van der Waals surface area contributed by atoms with Gasteiger partial charge in [0.1, 0.15) is 5.82 Å². The van der Waals surface area contributed by atoms with Crippen molar-refractivity contribution in [2.45, 2.75) is 12.8 Å². The van der Waals surface area contributed by atoms with E-state index in [1.54, 1.807) is 24.5 Å². The first-order valence-corrected chi connectivity index (χ1v) is 10.1. The van der Waals surface area contributed by atoms with Gasteiger partial charge in [-0.25, -0.2) is 4.39 Å². The molecule has 6 nitrogen and oxygen atoms in total. The van der Waals surface area contributed by atoms with Crippen LogP contribution in [0.4, 0.5) is 15.9 Å². The molecule has 8 heteroatoms. The van der Waals surface area contributed by atoms with Crippen molar-refractivity contribution in [3.05, 3.63) is 65.1 Å². The molecule has 1 amide bonds. The fourth-order valence-corrected chi connectivity index (χ4v) is 3.69. The van der Waals surface area contributed by atoms with Crippen molar-refractivity contribution in [2.24, 2.45) is 5.92 Å². The summed E-state index contributed by atoms with van der Waals surface area (Å²) >= 11 is 3.21. The number of anilines is 2. The number of carbonyl (C=O) groups is 1. The lowest BCUT2D eigenvalue weighted by molar-refractivity contribution is -0.120. The van der Waals surface area contributed by atoms with Gasteiger partial charge < -0.3 is 10.2 Å². The molecule has 1 fully saturated rings. The van der Waals surface area contributed by atoms with Crippen molar-refractivity contribution in [1.29, 1.82) is 0 Å². The predicted molar refractivity (Wildman–Crippen MR) is 113 cm³/mol. The molecule has 29 heavy (non-hydrogen) atoms. The second-order valence-corrected chi connectivity index (χ2v) is 7.81. The van der Waals surface area contributed by atoms with Crippen molar-refractivity contribution in [2.75, 3.05) is 23.3 Å². The number of benzene rings is 1. The van der Waals surface area contributed by atoms with E-state index in [4.69, 9.17) is 0 Å². The summed E-state index contributed by atoms with van der Waals surface area (Å²) in [5.74, 6) is 0.0328. The monoisotopic (exact) mass is 455 g/mol. The molecule has 0 aliphatic carbocycles. The maximum atomic E-state index is 13.9. The summed E-state index contributed by atoms with van der Waals surface area (Å²) in [5.41, 5.74) is 1.90. The van der Waals surface area contributed by atoms with Gasteiger partial charge in [0.05, 0.1) is 11.4 Å². The fourth-order valence-electron chi connectivity index (χ4n) is 3.36. The Balaban J connectivity index is 1.35. The van der Waals surface area contributed by atoms with E-state index < -0.39 is 5.82 Å².